The van der Waals surface area contributed by atoms with Crippen LogP contribution in [0, 0.1) is 14.9 Å². The minimum absolute atomic E-state index is 0.00970. The maximum Gasteiger partial charge on any atom is 0.266 e. The van der Waals surface area contributed by atoms with Gasteiger partial charge in [-0.2, -0.15) is 5.26 Å². The quantitative estimate of drug-likeness (QED) is 0.211. The molecule has 0 aliphatic heterocycles. The summed E-state index contributed by atoms with van der Waals surface area (Å²) in [6, 6.07) is 21.6. The maximum atomic E-state index is 12.4. The number of hydrogen-bond acceptors (Lipinski definition) is 3. The number of nitriles is 1. The summed E-state index contributed by atoms with van der Waals surface area (Å²) in [7, 11) is 0. The van der Waals surface area contributed by atoms with Gasteiger partial charge in [-0.25, -0.2) is 0 Å². The first-order valence-electron chi connectivity index (χ1n) is 8.80. The first kappa shape index (κ1) is 22.2. The Bertz CT molecular complexity index is 1140. The van der Waals surface area contributed by atoms with Crippen LogP contribution in [0.5, 0.6) is 5.75 Å². The van der Waals surface area contributed by atoms with Crippen LogP contribution < -0.4 is 10.1 Å². The van der Waals surface area contributed by atoms with Gasteiger partial charge in [-0.15, -0.1) is 0 Å². The molecule has 0 saturated carbocycles. The second-order valence-electron chi connectivity index (χ2n) is 6.23. The molecule has 0 unspecified atom stereocenters. The normalized spacial score (nSPS) is 10.9. The Morgan fingerprint density at radius 1 is 1.10 bits per heavy atom. The SMILES string of the molecule is N#C/C(=C\c1ccc(OCc2ccc(Cl)cc2Cl)cc1)C(=O)Nc1cccc(I)c1. The molecular weight excluding hydrogens is 534 g/mol. The van der Waals surface area contributed by atoms with Gasteiger partial charge in [0.25, 0.3) is 5.91 Å². The van der Waals surface area contributed by atoms with E-state index in [1.165, 1.54) is 6.08 Å². The van der Waals surface area contributed by atoms with Gasteiger partial charge in [-0.05, 0) is 76.7 Å². The van der Waals surface area contributed by atoms with Crippen molar-refractivity contribution >= 4 is 63.5 Å². The molecular formula is C23H15Cl2IN2O2. The number of rotatable bonds is 6. The lowest BCUT2D eigenvalue weighted by atomic mass is 10.1. The molecule has 0 bridgehead atoms. The zero-order chi connectivity index (χ0) is 21.5. The number of anilines is 1. The third-order valence-electron chi connectivity index (χ3n) is 4.05. The van der Waals surface area contributed by atoms with Gasteiger partial charge in [0.15, 0.2) is 0 Å². The number of carbonyl (C=O) groups is 1. The smallest absolute Gasteiger partial charge is 0.266 e. The summed E-state index contributed by atoms with van der Waals surface area (Å²) < 4.78 is 6.73. The zero-order valence-corrected chi connectivity index (χ0v) is 19.2. The van der Waals surface area contributed by atoms with Gasteiger partial charge in [0, 0.05) is 24.9 Å². The summed E-state index contributed by atoms with van der Waals surface area (Å²) in [6.45, 7) is 0.299. The lowest BCUT2D eigenvalue weighted by Gasteiger charge is -2.08. The number of ether oxygens (including phenoxy) is 1. The van der Waals surface area contributed by atoms with Crippen molar-refractivity contribution < 1.29 is 9.53 Å². The standard InChI is InChI=1S/C23H15Cl2IN2O2/c24-18-7-6-16(22(25)11-18)14-30-21-8-4-15(5-9-21)10-17(13-27)23(29)28-20-3-1-2-19(26)12-20/h1-12H,14H2,(H,28,29)/b17-10+. The maximum absolute atomic E-state index is 12.4. The van der Waals surface area contributed by atoms with Crippen LogP contribution in [0.25, 0.3) is 6.08 Å². The Balaban J connectivity index is 1.65. The van der Waals surface area contributed by atoms with Crippen molar-refractivity contribution in [2.24, 2.45) is 0 Å². The Hall–Kier alpha value is -2.53. The summed E-state index contributed by atoms with van der Waals surface area (Å²) in [5.41, 5.74) is 2.18. The molecule has 3 aromatic carbocycles. The molecule has 0 fully saturated rings. The van der Waals surface area contributed by atoms with Crippen molar-refractivity contribution in [2.75, 3.05) is 5.32 Å². The number of halogens is 3. The molecule has 0 spiro atoms. The van der Waals surface area contributed by atoms with Crippen molar-refractivity contribution in [3.05, 3.63) is 97.0 Å². The van der Waals surface area contributed by atoms with Crippen molar-refractivity contribution in [3.8, 4) is 11.8 Å². The predicted molar refractivity (Wildman–Crippen MR) is 129 cm³/mol. The molecule has 1 amide bonds. The highest BCUT2D eigenvalue weighted by Crippen LogP contribution is 2.23. The predicted octanol–water partition coefficient (Wildman–Crippen LogP) is 6.72. The largest absolute Gasteiger partial charge is 0.489 e. The van der Waals surface area contributed by atoms with Gasteiger partial charge in [0.2, 0.25) is 0 Å². The minimum Gasteiger partial charge on any atom is -0.489 e. The van der Waals surface area contributed by atoms with Gasteiger partial charge < -0.3 is 10.1 Å². The van der Waals surface area contributed by atoms with Crippen molar-refractivity contribution in [3.63, 3.8) is 0 Å². The van der Waals surface area contributed by atoms with E-state index in [0.717, 1.165) is 9.13 Å². The van der Waals surface area contributed by atoms with E-state index in [1.807, 2.05) is 30.3 Å². The second kappa shape index (κ2) is 10.5. The van der Waals surface area contributed by atoms with Crippen molar-refractivity contribution in [1.82, 2.24) is 0 Å². The van der Waals surface area contributed by atoms with Gasteiger partial charge >= 0.3 is 0 Å². The third-order valence-corrected chi connectivity index (χ3v) is 5.31. The fraction of sp³-hybridized carbons (Fsp3) is 0.0435. The van der Waals surface area contributed by atoms with Gasteiger partial charge in [0.1, 0.15) is 24.0 Å². The Morgan fingerprint density at radius 3 is 2.53 bits per heavy atom. The number of benzene rings is 3. The Labute approximate surface area is 198 Å². The van der Waals surface area contributed by atoms with Gasteiger partial charge in [0.05, 0.1) is 0 Å². The fourth-order valence-electron chi connectivity index (χ4n) is 2.54. The summed E-state index contributed by atoms with van der Waals surface area (Å²) in [4.78, 5) is 12.4. The lowest BCUT2D eigenvalue weighted by molar-refractivity contribution is -0.112. The van der Waals surface area contributed by atoms with Crippen LogP contribution in [0.3, 0.4) is 0 Å². The van der Waals surface area contributed by atoms with Crippen LogP contribution in [-0.2, 0) is 11.4 Å². The van der Waals surface area contributed by atoms with Crippen LogP contribution in [0.1, 0.15) is 11.1 Å². The molecule has 150 valence electrons. The highest BCUT2D eigenvalue weighted by molar-refractivity contribution is 14.1. The van der Waals surface area contributed by atoms with E-state index in [9.17, 15) is 10.1 Å². The van der Waals surface area contributed by atoms with Crippen LogP contribution in [-0.4, -0.2) is 5.91 Å². The Morgan fingerprint density at radius 2 is 1.87 bits per heavy atom. The van der Waals surface area contributed by atoms with E-state index in [1.54, 1.807) is 42.5 Å². The Kier molecular flexibility index (Phi) is 7.75. The van der Waals surface area contributed by atoms with E-state index in [-0.39, 0.29) is 5.57 Å². The molecule has 0 aromatic heterocycles. The molecule has 0 aliphatic rings. The lowest BCUT2D eigenvalue weighted by Crippen LogP contribution is -2.13. The molecule has 1 N–H and O–H groups in total. The average Bonchev–Trinajstić information content (AvgIpc) is 2.72. The van der Waals surface area contributed by atoms with Crippen molar-refractivity contribution in [1.29, 1.82) is 5.26 Å². The molecule has 0 radical (unpaired) electrons. The molecule has 4 nitrogen and oxygen atoms in total. The summed E-state index contributed by atoms with van der Waals surface area (Å²) in [5.74, 6) is 0.178. The third kappa shape index (κ3) is 6.23. The topological polar surface area (TPSA) is 62.1 Å². The average molecular weight is 549 g/mol. The van der Waals surface area contributed by atoms with Crippen LogP contribution in [0.2, 0.25) is 10.0 Å². The molecule has 3 aromatic rings. The number of nitrogens with zero attached hydrogens (tertiary/aromatic N) is 1. The molecule has 0 aliphatic carbocycles. The molecule has 0 heterocycles. The first-order chi connectivity index (χ1) is 14.4. The molecule has 0 atom stereocenters. The monoisotopic (exact) mass is 548 g/mol. The molecule has 3 rings (SSSR count). The zero-order valence-electron chi connectivity index (χ0n) is 15.5. The number of hydrogen-bond donors (Lipinski definition) is 1. The van der Waals surface area contributed by atoms with E-state index in [4.69, 9.17) is 27.9 Å². The van der Waals surface area contributed by atoms with E-state index < -0.39 is 5.91 Å². The van der Waals surface area contributed by atoms with Gasteiger partial charge in [-0.1, -0.05) is 47.5 Å². The molecule has 7 heteroatoms. The minimum atomic E-state index is -0.461. The van der Waals surface area contributed by atoms with Gasteiger partial charge in [-0.3, -0.25) is 4.79 Å². The molecule has 0 saturated heterocycles. The van der Waals surface area contributed by atoms with Crippen LogP contribution >= 0.6 is 45.8 Å². The first-order valence-corrected chi connectivity index (χ1v) is 10.6. The van der Waals surface area contributed by atoms with E-state index in [0.29, 0.717) is 33.7 Å². The summed E-state index contributed by atoms with van der Waals surface area (Å²) in [5, 5.41) is 13.2. The second-order valence-corrected chi connectivity index (χ2v) is 8.32. The highest BCUT2D eigenvalue weighted by Gasteiger charge is 2.10. The summed E-state index contributed by atoms with van der Waals surface area (Å²) >= 11 is 14.2. The highest BCUT2D eigenvalue weighted by atomic mass is 127. The van der Waals surface area contributed by atoms with Crippen LogP contribution in [0.4, 0.5) is 5.69 Å². The number of amides is 1. The molecule has 30 heavy (non-hydrogen) atoms. The fourth-order valence-corrected chi connectivity index (χ4v) is 3.55. The van der Waals surface area contributed by atoms with Crippen LogP contribution in [0.15, 0.2) is 72.3 Å². The van der Waals surface area contributed by atoms with E-state index >= 15 is 0 Å². The number of nitrogens with one attached hydrogen (secondary N) is 1. The summed E-state index contributed by atoms with van der Waals surface area (Å²) in [6.07, 6.45) is 1.53. The van der Waals surface area contributed by atoms with E-state index in [2.05, 4.69) is 27.9 Å². The number of carbonyl (C=O) groups excluding carboxylic acids is 1. The van der Waals surface area contributed by atoms with Crippen molar-refractivity contribution in [2.45, 2.75) is 6.61 Å².